The molecule has 5 rings (SSSR count). The molecule has 1 amide bonds. The molecule has 0 aliphatic heterocycles. The first-order valence-electron chi connectivity index (χ1n) is 9.18. The Morgan fingerprint density at radius 1 is 1.09 bits per heavy atom. The van der Waals surface area contributed by atoms with E-state index in [1.165, 1.54) is 49.7 Å². The maximum absolute atomic E-state index is 12.2. The second kappa shape index (κ2) is 5.94. The molecule has 3 heteroatoms. The molecular weight excluding hydrogens is 284 g/mol. The van der Waals surface area contributed by atoms with Gasteiger partial charge in [0.15, 0.2) is 0 Å². The van der Waals surface area contributed by atoms with Gasteiger partial charge in [0, 0.05) is 12.1 Å². The van der Waals surface area contributed by atoms with E-state index < -0.39 is 0 Å². The Hall–Kier alpha value is -1.35. The minimum Gasteiger partial charge on any atom is -0.351 e. The van der Waals surface area contributed by atoms with E-state index in [2.05, 4.69) is 29.7 Å². The van der Waals surface area contributed by atoms with Crippen LogP contribution >= 0.6 is 0 Å². The highest BCUT2D eigenvalue weighted by atomic mass is 16.1. The van der Waals surface area contributed by atoms with E-state index in [0.29, 0.717) is 13.1 Å². The first-order chi connectivity index (χ1) is 11.1. The van der Waals surface area contributed by atoms with Gasteiger partial charge < -0.3 is 10.6 Å². The minimum atomic E-state index is 0.129. The van der Waals surface area contributed by atoms with E-state index in [9.17, 15) is 4.79 Å². The molecule has 0 heterocycles. The SMILES string of the molecule is Cc1ccccc1CNC(=O)CNC12CC3CC(CC(C3)C1)C2. The molecule has 23 heavy (non-hydrogen) atoms. The van der Waals surface area contributed by atoms with Crippen molar-refractivity contribution in [1.29, 1.82) is 0 Å². The summed E-state index contributed by atoms with van der Waals surface area (Å²) in [6.45, 7) is 3.20. The Morgan fingerprint density at radius 3 is 2.30 bits per heavy atom. The highest BCUT2D eigenvalue weighted by Crippen LogP contribution is 2.55. The van der Waals surface area contributed by atoms with Gasteiger partial charge in [-0.2, -0.15) is 0 Å². The topological polar surface area (TPSA) is 41.1 Å². The highest BCUT2D eigenvalue weighted by Gasteiger charge is 2.50. The van der Waals surface area contributed by atoms with Crippen LogP contribution in [-0.2, 0) is 11.3 Å². The summed E-state index contributed by atoms with van der Waals surface area (Å²) in [7, 11) is 0. The molecule has 1 aromatic rings. The van der Waals surface area contributed by atoms with Crippen LogP contribution in [0.25, 0.3) is 0 Å². The van der Waals surface area contributed by atoms with Gasteiger partial charge in [0.25, 0.3) is 0 Å². The Morgan fingerprint density at radius 2 is 1.70 bits per heavy atom. The molecule has 0 spiro atoms. The van der Waals surface area contributed by atoms with Crippen molar-refractivity contribution in [3.05, 3.63) is 35.4 Å². The summed E-state index contributed by atoms with van der Waals surface area (Å²) in [5, 5.41) is 6.74. The summed E-state index contributed by atoms with van der Waals surface area (Å²) in [5.74, 6) is 2.89. The summed E-state index contributed by atoms with van der Waals surface area (Å²) >= 11 is 0. The highest BCUT2D eigenvalue weighted by molar-refractivity contribution is 5.78. The summed E-state index contributed by atoms with van der Waals surface area (Å²) in [6.07, 6.45) is 8.22. The lowest BCUT2D eigenvalue weighted by atomic mass is 9.53. The monoisotopic (exact) mass is 312 g/mol. The lowest BCUT2D eigenvalue weighted by Crippen LogP contribution is -2.59. The van der Waals surface area contributed by atoms with Crippen molar-refractivity contribution in [1.82, 2.24) is 10.6 Å². The van der Waals surface area contributed by atoms with Gasteiger partial charge in [-0.05, 0) is 74.3 Å². The molecule has 4 bridgehead atoms. The predicted octanol–water partition coefficient (Wildman–Crippen LogP) is 3.17. The number of rotatable bonds is 5. The van der Waals surface area contributed by atoms with Crippen LogP contribution in [0.4, 0.5) is 0 Å². The Labute approximate surface area is 139 Å². The van der Waals surface area contributed by atoms with Crippen LogP contribution in [0, 0.1) is 24.7 Å². The zero-order valence-corrected chi connectivity index (χ0v) is 14.1. The number of amides is 1. The van der Waals surface area contributed by atoms with Crippen molar-refractivity contribution in [3.63, 3.8) is 0 Å². The van der Waals surface area contributed by atoms with Crippen molar-refractivity contribution in [2.24, 2.45) is 17.8 Å². The third-order valence-electron chi connectivity index (χ3n) is 6.40. The second-order valence-corrected chi connectivity index (χ2v) is 8.25. The number of nitrogens with one attached hydrogen (secondary N) is 2. The van der Waals surface area contributed by atoms with E-state index in [-0.39, 0.29) is 11.4 Å². The number of carbonyl (C=O) groups excluding carboxylic acids is 1. The molecule has 0 aromatic heterocycles. The maximum Gasteiger partial charge on any atom is 0.234 e. The van der Waals surface area contributed by atoms with Crippen LogP contribution in [0.2, 0.25) is 0 Å². The van der Waals surface area contributed by atoms with E-state index in [0.717, 1.165) is 17.8 Å². The fourth-order valence-electron chi connectivity index (χ4n) is 5.66. The Bertz CT molecular complexity index is 560. The molecule has 4 aliphatic carbocycles. The second-order valence-electron chi connectivity index (χ2n) is 8.25. The molecule has 4 fully saturated rings. The zero-order valence-electron chi connectivity index (χ0n) is 14.1. The average molecular weight is 312 g/mol. The van der Waals surface area contributed by atoms with Crippen molar-refractivity contribution in [2.75, 3.05) is 6.54 Å². The molecule has 0 radical (unpaired) electrons. The fourth-order valence-corrected chi connectivity index (χ4v) is 5.66. The number of hydrogen-bond donors (Lipinski definition) is 2. The first-order valence-corrected chi connectivity index (χ1v) is 9.18. The molecule has 2 N–H and O–H groups in total. The van der Waals surface area contributed by atoms with Crippen LogP contribution in [0.5, 0.6) is 0 Å². The third-order valence-corrected chi connectivity index (χ3v) is 6.40. The molecule has 0 unspecified atom stereocenters. The lowest BCUT2D eigenvalue weighted by Gasteiger charge is -2.57. The van der Waals surface area contributed by atoms with Crippen molar-refractivity contribution in [3.8, 4) is 0 Å². The average Bonchev–Trinajstić information content (AvgIpc) is 2.51. The fraction of sp³-hybridized carbons (Fsp3) is 0.650. The van der Waals surface area contributed by atoms with E-state index in [1.54, 1.807) is 0 Å². The predicted molar refractivity (Wildman–Crippen MR) is 91.9 cm³/mol. The molecule has 1 aromatic carbocycles. The molecule has 4 aliphatic rings. The molecule has 4 saturated carbocycles. The number of aryl methyl sites for hydroxylation is 1. The zero-order chi connectivity index (χ0) is 15.9. The van der Waals surface area contributed by atoms with Gasteiger partial charge in [0.05, 0.1) is 6.54 Å². The van der Waals surface area contributed by atoms with Crippen LogP contribution in [0.3, 0.4) is 0 Å². The van der Waals surface area contributed by atoms with Gasteiger partial charge in [0.1, 0.15) is 0 Å². The van der Waals surface area contributed by atoms with Crippen LogP contribution in [0.1, 0.15) is 49.7 Å². The summed E-state index contributed by atoms with van der Waals surface area (Å²) in [6, 6.07) is 8.24. The third kappa shape index (κ3) is 3.16. The van der Waals surface area contributed by atoms with Gasteiger partial charge in [0.2, 0.25) is 5.91 Å². The molecule has 0 atom stereocenters. The van der Waals surface area contributed by atoms with E-state index >= 15 is 0 Å². The van der Waals surface area contributed by atoms with Crippen molar-refractivity contribution in [2.45, 2.75) is 57.5 Å². The minimum absolute atomic E-state index is 0.129. The molecular formula is C20H28N2O. The maximum atomic E-state index is 12.2. The van der Waals surface area contributed by atoms with Gasteiger partial charge in [-0.3, -0.25) is 4.79 Å². The molecule has 124 valence electrons. The van der Waals surface area contributed by atoms with Gasteiger partial charge in [-0.15, -0.1) is 0 Å². The number of hydrogen-bond acceptors (Lipinski definition) is 2. The standard InChI is InChI=1S/C20H28N2O/c1-14-4-2-3-5-18(14)12-21-19(23)13-22-20-9-15-6-16(10-20)8-17(7-15)11-20/h2-5,15-17,22H,6-13H2,1H3,(H,21,23). The van der Waals surface area contributed by atoms with E-state index in [1.807, 2.05) is 12.1 Å². The normalized spacial score (nSPS) is 34.6. The van der Waals surface area contributed by atoms with Crippen LogP contribution in [-0.4, -0.2) is 18.0 Å². The van der Waals surface area contributed by atoms with Gasteiger partial charge in [-0.1, -0.05) is 24.3 Å². The summed E-state index contributed by atoms with van der Waals surface area (Å²) < 4.78 is 0. The first kappa shape index (κ1) is 15.2. The Balaban J connectivity index is 1.29. The largest absolute Gasteiger partial charge is 0.351 e. The number of carbonyl (C=O) groups is 1. The lowest BCUT2D eigenvalue weighted by molar-refractivity contribution is -0.121. The van der Waals surface area contributed by atoms with Crippen LogP contribution < -0.4 is 10.6 Å². The van der Waals surface area contributed by atoms with Crippen LogP contribution in [0.15, 0.2) is 24.3 Å². The number of benzene rings is 1. The van der Waals surface area contributed by atoms with Gasteiger partial charge >= 0.3 is 0 Å². The summed E-state index contributed by atoms with van der Waals surface area (Å²) in [4.78, 5) is 12.2. The quantitative estimate of drug-likeness (QED) is 0.877. The smallest absolute Gasteiger partial charge is 0.234 e. The van der Waals surface area contributed by atoms with Gasteiger partial charge in [-0.25, -0.2) is 0 Å². The molecule has 0 saturated heterocycles. The van der Waals surface area contributed by atoms with E-state index in [4.69, 9.17) is 0 Å². The summed E-state index contributed by atoms with van der Waals surface area (Å²) in [5.41, 5.74) is 2.71. The van der Waals surface area contributed by atoms with Crippen molar-refractivity contribution >= 4 is 5.91 Å². The molecule has 3 nitrogen and oxygen atoms in total. The van der Waals surface area contributed by atoms with Crippen molar-refractivity contribution < 1.29 is 4.79 Å². The Kier molecular flexibility index (Phi) is 3.92.